The number of allylic oxidation sites excluding steroid dienone is 3. The molecule has 1 N–H and O–H groups in total. The van der Waals surface area contributed by atoms with Crippen LogP contribution in [0.1, 0.15) is 56.5 Å². The summed E-state index contributed by atoms with van der Waals surface area (Å²) in [6.45, 7) is 8.45. The number of fused-ring (bicyclic) bond motifs is 1. The van der Waals surface area contributed by atoms with Crippen molar-refractivity contribution in [3.63, 3.8) is 0 Å². The van der Waals surface area contributed by atoms with Crippen LogP contribution < -0.4 is 5.32 Å². The van der Waals surface area contributed by atoms with Crippen molar-refractivity contribution in [3.8, 4) is 0 Å². The van der Waals surface area contributed by atoms with Gasteiger partial charge in [0.25, 0.3) is 0 Å². The van der Waals surface area contributed by atoms with Gasteiger partial charge in [-0.2, -0.15) is 0 Å². The van der Waals surface area contributed by atoms with Gasteiger partial charge in [0.05, 0.1) is 19.6 Å². The number of nitrogens with zero attached hydrogens (tertiary/aromatic N) is 2. The fraction of sp³-hybridized carbons (Fsp3) is 0.571. The predicted octanol–water partition coefficient (Wildman–Crippen LogP) is 3.18. The first-order valence-electron chi connectivity index (χ1n) is 9.82. The minimum absolute atomic E-state index is 0.0304. The molecule has 0 bridgehead atoms. The van der Waals surface area contributed by atoms with Crippen molar-refractivity contribution in [3.05, 3.63) is 40.4 Å². The fourth-order valence-electron chi connectivity index (χ4n) is 3.44. The summed E-state index contributed by atoms with van der Waals surface area (Å²) in [7, 11) is 1.68. The van der Waals surface area contributed by atoms with Crippen LogP contribution >= 0.6 is 0 Å². The van der Waals surface area contributed by atoms with E-state index in [4.69, 9.17) is 14.0 Å². The van der Waals surface area contributed by atoms with Crippen molar-refractivity contribution in [1.82, 2.24) is 15.4 Å². The highest BCUT2D eigenvalue weighted by atomic mass is 16.6. The Morgan fingerprint density at radius 1 is 1.41 bits per heavy atom. The highest BCUT2D eigenvalue weighted by Crippen LogP contribution is 2.36. The van der Waals surface area contributed by atoms with Crippen molar-refractivity contribution in [2.24, 2.45) is 0 Å². The Bertz CT molecular complexity index is 847. The van der Waals surface area contributed by atoms with E-state index in [-0.39, 0.29) is 17.9 Å². The zero-order valence-electron chi connectivity index (χ0n) is 17.7. The number of carbonyl (C=O) groups is 2. The molecule has 0 saturated carbocycles. The van der Waals surface area contributed by atoms with Crippen molar-refractivity contribution in [1.29, 1.82) is 0 Å². The van der Waals surface area contributed by atoms with Gasteiger partial charge in [0, 0.05) is 30.8 Å². The number of nitrogens with one attached hydrogen (secondary N) is 1. The number of rotatable bonds is 6. The third-order valence-corrected chi connectivity index (χ3v) is 4.82. The molecule has 0 spiro atoms. The van der Waals surface area contributed by atoms with Gasteiger partial charge < -0.3 is 24.2 Å². The molecule has 8 heteroatoms. The van der Waals surface area contributed by atoms with Crippen molar-refractivity contribution < 1.29 is 23.6 Å². The van der Waals surface area contributed by atoms with E-state index >= 15 is 0 Å². The molecular weight excluding hydrogens is 374 g/mol. The van der Waals surface area contributed by atoms with Crippen LogP contribution in [0.2, 0.25) is 0 Å². The third-order valence-electron chi connectivity index (χ3n) is 4.82. The molecule has 0 radical (unpaired) electrons. The van der Waals surface area contributed by atoms with E-state index in [0.717, 1.165) is 34.7 Å². The highest BCUT2D eigenvalue weighted by molar-refractivity contribution is 5.87. The lowest BCUT2D eigenvalue weighted by Crippen LogP contribution is -2.36. The summed E-state index contributed by atoms with van der Waals surface area (Å²) in [6.07, 6.45) is 4.98. The summed E-state index contributed by atoms with van der Waals surface area (Å²) in [4.78, 5) is 25.1. The van der Waals surface area contributed by atoms with Crippen LogP contribution in [0.3, 0.4) is 0 Å². The van der Waals surface area contributed by atoms with Crippen molar-refractivity contribution >= 4 is 12.0 Å². The molecule has 2 amide bonds. The maximum Gasteiger partial charge on any atom is 0.410 e. The van der Waals surface area contributed by atoms with Gasteiger partial charge in [-0.3, -0.25) is 4.79 Å². The summed E-state index contributed by atoms with van der Waals surface area (Å²) >= 11 is 0. The van der Waals surface area contributed by atoms with E-state index in [1.807, 2.05) is 27.7 Å². The average molecular weight is 403 g/mol. The smallest absolute Gasteiger partial charge is 0.410 e. The standard InChI is InChI=1S/C21H29N3O5/c1-13-19(14-6-7-16-15(10-14)11-18(25)22-16)17(23-29-13)12-27-9-8-24(5)20(26)28-21(2,3)4/h7,10,14H,6,8-9,11-12H2,1-5H3,(H,22,25). The second kappa shape index (κ2) is 8.41. The van der Waals surface area contributed by atoms with Crippen LogP contribution in [-0.4, -0.2) is 47.9 Å². The van der Waals surface area contributed by atoms with Crippen LogP contribution in [0.5, 0.6) is 0 Å². The number of aryl methyl sites for hydroxylation is 1. The summed E-state index contributed by atoms with van der Waals surface area (Å²) in [5.41, 5.74) is 3.17. The minimum atomic E-state index is -0.526. The van der Waals surface area contributed by atoms with Crippen LogP contribution in [0.15, 0.2) is 27.9 Å². The first kappa shape index (κ1) is 21.1. The first-order valence-corrected chi connectivity index (χ1v) is 9.82. The number of aromatic nitrogens is 1. The van der Waals surface area contributed by atoms with E-state index in [1.54, 1.807) is 7.05 Å². The monoisotopic (exact) mass is 403 g/mol. The molecule has 29 heavy (non-hydrogen) atoms. The zero-order valence-corrected chi connectivity index (χ0v) is 17.7. The van der Waals surface area contributed by atoms with Gasteiger partial charge in [-0.25, -0.2) is 4.79 Å². The summed E-state index contributed by atoms with van der Waals surface area (Å²) in [5, 5.41) is 7.03. The molecule has 1 unspecified atom stereocenters. The molecule has 8 nitrogen and oxygen atoms in total. The van der Waals surface area contributed by atoms with Gasteiger partial charge in [-0.05, 0) is 39.7 Å². The predicted molar refractivity (Wildman–Crippen MR) is 106 cm³/mol. The Hall–Kier alpha value is -2.61. The summed E-state index contributed by atoms with van der Waals surface area (Å²) in [6, 6.07) is 0. The molecule has 1 aliphatic heterocycles. The van der Waals surface area contributed by atoms with Gasteiger partial charge in [-0.1, -0.05) is 17.3 Å². The van der Waals surface area contributed by atoms with Gasteiger partial charge in [0.2, 0.25) is 5.91 Å². The summed E-state index contributed by atoms with van der Waals surface area (Å²) in [5.74, 6) is 0.893. The SMILES string of the molecule is Cc1onc(COCCN(C)C(=O)OC(C)(C)C)c1C1C=C2CC(=O)NC2=CC1. The van der Waals surface area contributed by atoms with Gasteiger partial charge in [-0.15, -0.1) is 0 Å². The van der Waals surface area contributed by atoms with E-state index in [9.17, 15) is 9.59 Å². The molecule has 1 aliphatic carbocycles. The minimum Gasteiger partial charge on any atom is -0.444 e. The van der Waals surface area contributed by atoms with Gasteiger partial charge >= 0.3 is 6.09 Å². The van der Waals surface area contributed by atoms with Crippen LogP contribution in [0, 0.1) is 6.92 Å². The molecule has 1 fully saturated rings. The molecule has 0 aromatic carbocycles. The molecule has 2 heterocycles. The highest BCUT2D eigenvalue weighted by Gasteiger charge is 2.29. The molecule has 1 aromatic heterocycles. The number of likely N-dealkylation sites (N-methyl/N-ethyl adjacent to an activating group) is 1. The Morgan fingerprint density at radius 2 is 2.17 bits per heavy atom. The average Bonchev–Trinajstić information content (AvgIpc) is 3.17. The molecule has 1 atom stereocenters. The lowest BCUT2D eigenvalue weighted by Gasteiger charge is -2.24. The Balaban J connectivity index is 1.55. The van der Waals surface area contributed by atoms with Crippen LogP contribution in [-0.2, 0) is 20.9 Å². The van der Waals surface area contributed by atoms with E-state index in [0.29, 0.717) is 26.2 Å². The molecule has 1 aromatic rings. The third kappa shape index (κ3) is 5.26. The topological polar surface area (TPSA) is 93.9 Å². The molecule has 158 valence electrons. The van der Waals surface area contributed by atoms with E-state index in [1.165, 1.54) is 4.90 Å². The zero-order chi connectivity index (χ0) is 21.2. The number of ether oxygens (including phenoxy) is 2. The Labute approximate surface area is 170 Å². The van der Waals surface area contributed by atoms with E-state index < -0.39 is 5.60 Å². The van der Waals surface area contributed by atoms with Crippen LogP contribution in [0.4, 0.5) is 4.79 Å². The molecule has 1 saturated heterocycles. The van der Waals surface area contributed by atoms with E-state index in [2.05, 4.69) is 22.6 Å². The van der Waals surface area contributed by atoms with Gasteiger partial charge in [0.15, 0.2) is 0 Å². The van der Waals surface area contributed by atoms with Crippen molar-refractivity contribution in [2.75, 3.05) is 20.2 Å². The number of amides is 2. The maximum atomic E-state index is 12.0. The lowest BCUT2D eigenvalue weighted by atomic mass is 9.87. The largest absolute Gasteiger partial charge is 0.444 e. The number of carbonyl (C=O) groups excluding carboxylic acids is 2. The number of hydrogen-bond acceptors (Lipinski definition) is 6. The molecule has 2 aliphatic rings. The lowest BCUT2D eigenvalue weighted by molar-refractivity contribution is -0.118. The Kier molecular flexibility index (Phi) is 6.12. The summed E-state index contributed by atoms with van der Waals surface area (Å²) < 4.78 is 16.5. The molecule has 3 rings (SSSR count). The normalized spacial score (nSPS) is 18.7. The Morgan fingerprint density at radius 3 is 2.90 bits per heavy atom. The maximum absolute atomic E-state index is 12.0. The quantitative estimate of drug-likeness (QED) is 0.733. The fourth-order valence-corrected chi connectivity index (χ4v) is 3.44. The van der Waals surface area contributed by atoms with Crippen LogP contribution in [0.25, 0.3) is 0 Å². The van der Waals surface area contributed by atoms with Gasteiger partial charge in [0.1, 0.15) is 17.1 Å². The van der Waals surface area contributed by atoms with Crippen molar-refractivity contribution in [2.45, 2.75) is 58.7 Å². The number of hydrogen-bond donors (Lipinski definition) is 1. The second-order valence-corrected chi connectivity index (χ2v) is 8.43. The second-order valence-electron chi connectivity index (χ2n) is 8.43. The first-order chi connectivity index (χ1) is 13.6. The molecular formula is C21H29N3O5.